The maximum atomic E-state index is 11.2. The Morgan fingerprint density at radius 2 is 1.91 bits per heavy atom. The first-order valence-electron chi connectivity index (χ1n) is 7.75. The van der Waals surface area contributed by atoms with Gasteiger partial charge in [0.15, 0.2) is 0 Å². The second kappa shape index (κ2) is 6.71. The van der Waals surface area contributed by atoms with Gasteiger partial charge in [0.05, 0.1) is 17.8 Å². The van der Waals surface area contributed by atoms with E-state index in [-0.39, 0.29) is 24.1 Å². The number of ether oxygens (including phenoxy) is 1. The molecule has 0 aromatic heterocycles. The van der Waals surface area contributed by atoms with E-state index in [1.54, 1.807) is 6.92 Å². The van der Waals surface area contributed by atoms with Crippen LogP contribution < -0.4 is 21.1 Å². The molecule has 120 valence electrons. The highest BCUT2D eigenvalue weighted by molar-refractivity contribution is 5.79. The summed E-state index contributed by atoms with van der Waals surface area (Å²) in [7, 11) is 0. The number of anilines is 1. The molecule has 0 fully saturated rings. The molecular weight excluding hydrogens is 290 g/mol. The summed E-state index contributed by atoms with van der Waals surface area (Å²) in [6.45, 7) is 2.33. The van der Waals surface area contributed by atoms with Gasteiger partial charge in [-0.1, -0.05) is 42.5 Å². The minimum absolute atomic E-state index is 0.00546. The van der Waals surface area contributed by atoms with Crippen molar-refractivity contribution in [1.29, 1.82) is 0 Å². The Kier molecular flexibility index (Phi) is 4.48. The molecule has 5 nitrogen and oxygen atoms in total. The van der Waals surface area contributed by atoms with Crippen molar-refractivity contribution >= 4 is 11.6 Å². The topological polar surface area (TPSA) is 76.4 Å². The van der Waals surface area contributed by atoms with Crippen molar-refractivity contribution in [2.75, 3.05) is 11.9 Å². The van der Waals surface area contributed by atoms with Crippen LogP contribution >= 0.6 is 0 Å². The quantitative estimate of drug-likeness (QED) is 0.790. The summed E-state index contributed by atoms with van der Waals surface area (Å²) in [6.07, 6.45) is -0.140. The van der Waals surface area contributed by atoms with Crippen LogP contribution in [0.5, 0.6) is 5.75 Å². The molecule has 0 radical (unpaired) electrons. The lowest BCUT2D eigenvalue weighted by Gasteiger charge is -2.36. The molecular formula is C18H21N3O2. The summed E-state index contributed by atoms with van der Waals surface area (Å²) >= 11 is 0. The Bertz CT molecular complexity index is 675. The number of amides is 1. The number of carbonyl (C=O) groups excluding carboxylic acids is 1. The minimum atomic E-state index is -0.384. The van der Waals surface area contributed by atoms with Crippen LogP contribution in [0.2, 0.25) is 0 Å². The lowest BCUT2D eigenvalue weighted by molar-refractivity contribution is -0.119. The lowest BCUT2D eigenvalue weighted by Crippen LogP contribution is -2.48. The average Bonchev–Trinajstić information content (AvgIpc) is 2.59. The van der Waals surface area contributed by atoms with Gasteiger partial charge >= 0.3 is 0 Å². The largest absolute Gasteiger partial charge is 0.481 e. The maximum Gasteiger partial charge on any atom is 0.234 e. The molecule has 0 saturated heterocycles. The molecule has 0 spiro atoms. The highest BCUT2D eigenvalue weighted by atomic mass is 16.5. The third-order valence-electron chi connectivity index (χ3n) is 4.05. The number of nitrogens with two attached hydrogens (primary N) is 1. The normalized spacial score (nSPS) is 20.7. The number of fused-ring (bicyclic) bond motifs is 1. The maximum absolute atomic E-state index is 11.2. The SMILES string of the molecule is CC(NCC1Nc2ccccc2OC1c1ccccc1)C(N)=O. The predicted octanol–water partition coefficient (Wildman–Crippen LogP) is 2.06. The Balaban J connectivity index is 1.83. The lowest BCUT2D eigenvalue weighted by atomic mass is 9.99. The van der Waals surface area contributed by atoms with Crippen LogP contribution in [-0.4, -0.2) is 24.5 Å². The van der Waals surface area contributed by atoms with Crippen LogP contribution in [0.3, 0.4) is 0 Å². The molecule has 3 unspecified atom stereocenters. The Morgan fingerprint density at radius 3 is 2.65 bits per heavy atom. The summed E-state index contributed by atoms with van der Waals surface area (Å²) in [5.41, 5.74) is 7.37. The van der Waals surface area contributed by atoms with Gasteiger partial charge in [0.25, 0.3) is 0 Å². The van der Waals surface area contributed by atoms with Gasteiger partial charge in [-0.25, -0.2) is 0 Å². The summed E-state index contributed by atoms with van der Waals surface area (Å²) in [6, 6.07) is 17.5. The van der Waals surface area contributed by atoms with Crippen molar-refractivity contribution in [3.05, 3.63) is 60.2 Å². The molecule has 2 aromatic carbocycles. The highest BCUT2D eigenvalue weighted by Gasteiger charge is 2.31. The predicted molar refractivity (Wildman–Crippen MR) is 90.3 cm³/mol. The van der Waals surface area contributed by atoms with Crippen molar-refractivity contribution in [1.82, 2.24) is 5.32 Å². The van der Waals surface area contributed by atoms with Gasteiger partial charge in [-0.05, 0) is 24.6 Å². The van der Waals surface area contributed by atoms with E-state index in [9.17, 15) is 4.79 Å². The van der Waals surface area contributed by atoms with Crippen molar-refractivity contribution in [3.8, 4) is 5.75 Å². The minimum Gasteiger partial charge on any atom is -0.481 e. The van der Waals surface area contributed by atoms with Gasteiger partial charge in [-0.3, -0.25) is 4.79 Å². The Labute approximate surface area is 135 Å². The van der Waals surface area contributed by atoms with Gasteiger partial charge in [0, 0.05) is 6.54 Å². The molecule has 3 rings (SSSR count). The van der Waals surface area contributed by atoms with Gasteiger partial charge in [-0.2, -0.15) is 0 Å². The number of benzene rings is 2. The van der Waals surface area contributed by atoms with E-state index in [4.69, 9.17) is 10.5 Å². The molecule has 0 bridgehead atoms. The molecule has 3 atom stereocenters. The second-order valence-electron chi connectivity index (χ2n) is 5.73. The number of para-hydroxylation sites is 2. The standard InChI is InChI=1S/C18H21N3O2/c1-12(18(19)22)20-11-15-17(13-7-3-2-4-8-13)23-16-10-6-5-9-14(16)21-15/h2-10,12,15,17,20-21H,11H2,1H3,(H2,19,22). The van der Waals surface area contributed by atoms with E-state index in [1.165, 1.54) is 0 Å². The first-order valence-corrected chi connectivity index (χ1v) is 7.75. The summed E-state index contributed by atoms with van der Waals surface area (Å²) in [5, 5.41) is 6.67. The van der Waals surface area contributed by atoms with Crippen LogP contribution in [0.25, 0.3) is 0 Å². The number of hydrogen-bond acceptors (Lipinski definition) is 4. The van der Waals surface area contributed by atoms with Crippen LogP contribution in [0.15, 0.2) is 54.6 Å². The van der Waals surface area contributed by atoms with Gasteiger partial charge in [0.2, 0.25) is 5.91 Å². The zero-order valence-electron chi connectivity index (χ0n) is 13.0. The summed E-state index contributed by atoms with van der Waals surface area (Å²) in [5.74, 6) is 0.471. The molecule has 4 N–H and O–H groups in total. The summed E-state index contributed by atoms with van der Waals surface area (Å²) in [4.78, 5) is 11.2. The van der Waals surface area contributed by atoms with Crippen molar-refractivity contribution in [2.45, 2.75) is 25.1 Å². The van der Waals surface area contributed by atoms with Crippen molar-refractivity contribution in [3.63, 3.8) is 0 Å². The second-order valence-corrected chi connectivity index (χ2v) is 5.73. The number of rotatable bonds is 5. The number of carbonyl (C=O) groups is 1. The monoisotopic (exact) mass is 311 g/mol. The van der Waals surface area contributed by atoms with Crippen LogP contribution in [0, 0.1) is 0 Å². The first-order chi connectivity index (χ1) is 11.1. The molecule has 5 heteroatoms. The van der Waals surface area contributed by atoms with E-state index in [0.717, 1.165) is 17.0 Å². The molecule has 1 amide bonds. The zero-order valence-corrected chi connectivity index (χ0v) is 13.0. The van der Waals surface area contributed by atoms with E-state index in [1.807, 2.05) is 54.6 Å². The zero-order chi connectivity index (χ0) is 16.2. The molecule has 1 aliphatic heterocycles. The van der Waals surface area contributed by atoms with E-state index < -0.39 is 0 Å². The van der Waals surface area contributed by atoms with Crippen LogP contribution in [0.1, 0.15) is 18.6 Å². The molecule has 2 aromatic rings. The molecule has 0 saturated carbocycles. The molecule has 1 aliphatic rings. The Morgan fingerprint density at radius 1 is 1.22 bits per heavy atom. The highest BCUT2D eigenvalue weighted by Crippen LogP contribution is 2.36. The molecule has 23 heavy (non-hydrogen) atoms. The van der Waals surface area contributed by atoms with Crippen LogP contribution in [-0.2, 0) is 4.79 Å². The smallest absolute Gasteiger partial charge is 0.234 e. The van der Waals surface area contributed by atoms with Crippen molar-refractivity contribution < 1.29 is 9.53 Å². The first kappa shape index (κ1) is 15.4. The van der Waals surface area contributed by atoms with Crippen molar-refractivity contribution in [2.24, 2.45) is 5.73 Å². The van der Waals surface area contributed by atoms with Gasteiger partial charge in [-0.15, -0.1) is 0 Å². The fourth-order valence-electron chi connectivity index (χ4n) is 2.69. The Hall–Kier alpha value is -2.53. The average molecular weight is 311 g/mol. The van der Waals surface area contributed by atoms with Gasteiger partial charge in [0.1, 0.15) is 11.9 Å². The fourth-order valence-corrected chi connectivity index (χ4v) is 2.69. The van der Waals surface area contributed by atoms with E-state index >= 15 is 0 Å². The van der Waals surface area contributed by atoms with Crippen LogP contribution in [0.4, 0.5) is 5.69 Å². The van der Waals surface area contributed by atoms with E-state index in [0.29, 0.717) is 6.54 Å². The summed E-state index contributed by atoms with van der Waals surface area (Å²) < 4.78 is 6.20. The van der Waals surface area contributed by atoms with Gasteiger partial charge < -0.3 is 21.1 Å². The van der Waals surface area contributed by atoms with E-state index in [2.05, 4.69) is 10.6 Å². The third-order valence-corrected chi connectivity index (χ3v) is 4.05. The molecule has 0 aliphatic carbocycles. The fraction of sp³-hybridized carbons (Fsp3) is 0.278. The number of hydrogen-bond donors (Lipinski definition) is 3. The third kappa shape index (κ3) is 3.46. The number of nitrogens with one attached hydrogen (secondary N) is 2. The molecule has 1 heterocycles. The number of primary amides is 1.